The Hall–Kier alpha value is -1.30. The lowest BCUT2D eigenvalue weighted by Gasteiger charge is -2.03. The van der Waals surface area contributed by atoms with Gasteiger partial charge in [0.25, 0.3) is 0 Å². The Kier molecular flexibility index (Phi) is 4.06. The molecule has 0 unspecified atom stereocenters. The maximum atomic E-state index is 10.7. The Balaban J connectivity index is 2.21. The zero-order chi connectivity index (χ0) is 13.1. The van der Waals surface area contributed by atoms with Gasteiger partial charge in [-0.15, -0.1) is 0 Å². The number of carbonyl (C=O) groups is 1. The second-order valence-corrected chi connectivity index (χ2v) is 5.09. The number of carboxylic acid groups (broad SMARTS) is 1. The smallest absolute Gasteiger partial charge is 0.337 e. The predicted octanol–water partition coefficient (Wildman–Crippen LogP) is 3.63. The number of carboxylic acids is 1. The van der Waals surface area contributed by atoms with Crippen LogP contribution in [-0.4, -0.2) is 21.0 Å². The van der Waals surface area contributed by atoms with E-state index in [1.807, 2.05) is 0 Å². The summed E-state index contributed by atoms with van der Waals surface area (Å²) in [5.41, 5.74) is 0.134. The highest BCUT2D eigenvalue weighted by atomic mass is 35.5. The molecule has 0 aliphatic carbocycles. The van der Waals surface area contributed by atoms with Gasteiger partial charge in [-0.3, -0.25) is 0 Å². The van der Waals surface area contributed by atoms with E-state index in [0.29, 0.717) is 20.1 Å². The number of aromatic nitrogens is 2. The van der Waals surface area contributed by atoms with Gasteiger partial charge in [-0.1, -0.05) is 23.2 Å². The molecule has 92 valence electrons. The molecule has 0 saturated heterocycles. The molecule has 0 saturated carbocycles. The standard InChI is InChI=1S/C11H6Cl2N2O2S/c12-7-3-8(13)10(15-5-7)18-9-2-1-6(4-14-9)11(16)17/h1-5H,(H,16,17). The van der Waals surface area contributed by atoms with Crippen molar-refractivity contribution in [3.63, 3.8) is 0 Å². The van der Waals surface area contributed by atoms with Crippen molar-refractivity contribution in [1.29, 1.82) is 0 Å². The number of pyridine rings is 2. The quantitative estimate of drug-likeness (QED) is 0.937. The van der Waals surface area contributed by atoms with Crippen LogP contribution in [0.5, 0.6) is 0 Å². The first-order chi connectivity index (χ1) is 8.56. The fraction of sp³-hybridized carbons (Fsp3) is 0. The normalized spacial score (nSPS) is 10.3. The van der Waals surface area contributed by atoms with Gasteiger partial charge in [0, 0.05) is 12.4 Å². The highest BCUT2D eigenvalue weighted by molar-refractivity contribution is 7.99. The third kappa shape index (κ3) is 3.13. The lowest BCUT2D eigenvalue weighted by Crippen LogP contribution is -1.96. The molecule has 0 radical (unpaired) electrons. The van der Waals surface area contributed by atoms with Gasteiger partial charge in [-0.2, -0.15) is 0 Å². The Morgan fingerprint density at radius 2 is 2.00 bits per heavy atom. The number of nitrogens with zero attached hydrogens (tertiary/aromatic N) is 2. The van der Waals surface area contributed by atoms with Gasteiger partial charge in [-0.05, 0) is 30.0 Å². The average molecular weight is 301 g/mol. The van der Waals surface area contributed by atoms with E-state index in [0.717, 1.165) is 0 Å². The molecular formula is C11H6Cl2N2O2S. The number of hydrogen-bond donors (Lipinski definition) is 1. The molecule has 0 amide bonds. The maximum Gasteiger partial charge on any atom is 0.337 e. The predicted molar refractivity (Wildman–Crippen MR) is 69.6 cm³/mol. The van der Waals surface area contributed by atoms with Crippen molar-refractivity contribution < 1.29 is 9.90 Å². The van der Waals surface area contributed by atoms with Gasteiger partial charge in [0.15, 0.2) is 0 Å². The SMILES string of the molecule is O=C(O)c1ccc(Sc2ncc(Cl)cc2Cl)nc1. The van der Waals surface area contributed by atoms with E-state index in [4.69, 9.17) is 28.3 Å². The van der Waals surface area contributed by atoms with Crippen LogP contribution in [0.2, 0.25) is 10.0 Å². The van der Waals surface area contributed by atoms with Gasteiger partial charge >= 0.3 is 5.97 Å². The van der Waals surface area contributed by atoms with E-state index in [9.17, 15) is 4.79 Å². The first-order valence-corrected chi connectivity index (χ1v) is 6.32. The molecule has 2 heterocycles. The number of hydrogen-bond acceptors (Lipinski definition) is 4. The summed E-state index contributed by atoms with van der Waals surface area (Å²) in [5.74, 6) is -1.01. The third-order valence-electron chi connectivity index (χ3n) is 1.96. The minimum absolute atomic E-state index is 0.134. The van der Waals surface area contributed by atoms with E-state index >= 15 is 0 Å². The summed E-state index contributed by atoms with van der Waals surface area (Å²) in [7, 11) is 0. The molecule has 7 heteroatoms. The minimum atomic E-state index is -1.01. The highest BCUT2D eigenvalue weighted by Gasteiger charge is 2.08. The van der Waals surface area contributed by atoms with Crippen LogP contribution >= 0.6 is 35.0 Å². The van der Waals surface area contributed by atoms with Crippen LogP contribution in [-0.2, 0) is 0 Å². The summed E-state index contributed by atoms with van der Waals surface area (Å²) < 4.78 is 0. The first kappa shape index (κ1) is 13.1. The zero-order valence-electron chi connectivity index (χ0n) is 8.80. The Bertz CT molecular complexity index is 590. The second kappa shape index (κ2) is 5.56. The molecule has 4 nitrogen and oxygen atoms in total. The zero-order valence-corrected chi connectivity index (χ0v) is 11.1. The van der Waals surface area contributed by atoms with Crippen molar-refractivity contribution in [2.45, 2.75) is 10.1 Å². The fourth-order valence-electron chi connectivity index (χ4n) is 1.14. The molecule has 1 N–H and O–H groups in total. The van der Waals surface area contributed by atoms with E-state index in [1.54, 1.807) is 12.1 Å². The number of aromatic carboxylic acids is 1. The van der Waals surface area contributed by atoms with Crippen LogP contribution in [0.25, 0.3) is 0 Å². The summed E-state index contributed by atoms with van der Waals surface area (Å²) >= 11 is 12.9. The molecule has 2 rings (SSSR count). The monoisotopic (exact) mass is 300 g/mol. The van der Waals surface area contributed by atoms with Crippen LogP contribution in [0.3, 0.4) is 0 Å². The first-order valence-electron chi connectivity index (χ1n) is 4.74. The minimum Gasteiger partial charge on any atom is -0.478 e. The fourth-order valence-corrected chi connectivity index (χ4v) is 2.34. The average Bonchev–Trinajstić information content (AvgIpc) is 2.33. The lowest BCUT2D eigenvalue weighted by molar-refractivity contribution is 0.0696. The van der Waals surface area contributed by atoms with Gasteiger partial charge in [-0.25, -0.2) is 14.8 Å². The van der Waals surface area contributed by atoms with E-state index in [-0.39, 0.29) is 5.56 Å². The van der Waals surface area contributed by atoms with Gasteiger partial charge in [0.1, 0.15) is 10.1 Å². The molecule has 18 heavy (non-hydrogen) atoms. The van der Waals surface area contributed by atoms with Crippen molar-refractivity contribution in [3.05, 3.63) is 46.2 Å². The maximum absolute atomic E-state index is 10.7. The Morgan fingerprint density at radius 3 is 2.56 bits per heavy atom. The van der Waals surface area contributed by atoms with Crippen LogP contribution in [0.1, 0.15) is 10.4 Å². The van der Waals surface area contributed by atoms with Crippen LogP contribution in [0.4, 0.5) is 0 Å². The van der Waals surface area contributed by atoms with E-state index in [2.05, 4.69) is 9.97 Å². The van der Waals surface area contributed by atoms with E-state index in [1.165, 1.54) is 30.2 Å². The molecule has 0 aliphatic heterocycles. The summed E-state index contributed by atoms with van der Waals surface area (Å²) in [5, 5.41) is 10.8. The van der Waals surface area contributed by atoms with Crippen LogP contribution in [0.15, 0.2) is 40.6 Å². The molecule has 2 aromatic rings. The van der Waals surface area contributed by atoms with Gasteiger partial charge < -0.3 is 5.11 Å². The van der Waals surface area contributed by atoms with Crippen molar-refractivity contribution in [1.82, 2.24) is 9.97 Å². The van der Waals surface area contributed by atoms with Crippen molar-refractivity contribution >= 4 is 40.9 Å². The number of halogens is 2. The highest BCUT2D eigenvalue weighted by Crippen LogP contribution is 2.31. The lowest BCUT2D eigenvalue weighted by atomic mass is 10.3. The largest absolute Gasteiger partial charge is 0.478 e. The molecule has 0 fully saturated rings. The Labute approximate surface area is 117 Å². The molecule has 0 bridgehead atoms. The second-order valence-electron chi connectivity index (χ2n) is 3.23. The van der Waals surface area contributed by atoms with Crippen LogP contribution < -0.4 is 0 Å². The van der Waals surface area contributed by atoms with Crippen LogP contribution in [0, 0.1) is 0 Å². The summed E-state index contributed by atoms with van der Waals surface area (Å²) in [4.78, 5) is 18.7. The third-order valence-corrected chi connectivity index (χ3v) is 3.53. The molecule has 0 atom stereocenters. The van der Waals surface area contributed by atoms with Crippen molar-refractivity contribution in [2.75, 3.05) is 0 Å². The van der Waals surface area contributed by atoms with Crippen molar-refractivity contribution in [3.8, 4) is 0 Å². The van der Waals surface area contributed by atoms with Gasteiger partial charge in [0.2, 0.25) is 0 Å². The molecule has 0 aromatic carbocycles. The molecule has 2 aromatic heterocycles. The summed E-state index contributed by atoms with van der Waals surface area (Å²) in [6.07, 6.45) is 2.77. The van der Waals surface area contributed by atoms with Gasteiger partial charge in [0.05, 0.1) is 15.6 Å². The summed E-state index contributed by atoms with van der Waals surface area (Å²) in [6.45, 7) is 0. The van der Waals surface area contributed by atoms with Crippen molar-refractivity contribution in [2.24, 2.45) is 0 Å². The van der Waals surface area contributed by atoms with E-state index < -0.39 is 5.97 Å². The molecular weight excluding hydrogens is 295 g/mol. The summed E-state index contributed by atoms with van der Waals surface area (Å²) in [6, 6.07) is 4.66. The number of rotatable bonds is 3. The molecule has 0 spiro atoms. The molecule has 0 aliphatic rings. The Morgan fingerprint density at radius 1 is 1.22 bits per heavy atom. The topological polar surface area (TPSA) is 63.1 Å².